The first-order chi connectivity index (χ1) is 8.74. The van der Waals surface area contributed by atoms with Crippen LogP contribution in [0.4, 0.5) is 0 Å². The quantitative estimate of drug-likeness (QED) is 0.774. The van der Waals surface area contributed by atoms with Gasteiger partial charge in [0, 0.05) is 36.8 Å². The maximum Gasteiger partial charge on any atom is 0.0684 e. The van der Waals surface area contributed by atoms with Crippen LogP contribution in [0.5, 0.6) is 0 Å². The van der Waals surface area contributed by atoms with E-state index in [1.165, 1.54) is 16.8 Å². The normalized spacial score (nSPS) is 22.6. The molecule has 1 heterocycles. The third-order valence-corrected chi connectivity index (χ3v) is 4.14. The Morgan fingerprint density at radius 2 is 1.89 bits per heavy atom. The monoisotopic (exact) mass is 263 g/mol. The van der Waals surface area contributed by atoms with Crippen molar-refractivity contribution < 1.29 is 0 Å². The van der Waals surface area contributed by atoms with Gasteiger partial charge >= 0.3 is 0 Å². The van der Waals surface area contributed by atoms with Crippen LogP contribution < -0.4 is 0 Å². The Morgan fingerprint density at radius 1 is 1.11 bits per heavy atom. The van der Waals surface area contributed by atoms with Crippen LogP contribution in [0.2, 0.25) is 5.02 Å². The van der Waals surface area contributed by atoms with Crippen molar-refractivity contribution in [2.75, 3.05) is 33.2 Å². The van der Waals surface area contributed by atoms with Crippen LogP contribution in [0.1, 0.15) is 17.5 Å². The number of benzene rings is 1. The molecule has 0 aromatic heterocycles. The van der Waals surface area contributed by atoms with Gasteiger partial charge in [-0.1, -0.05) is 23.7 Å². The first-order valence-corrected chi connectivity index (χ1v) is 6.90. The number of nitrogens with zero attached hydrogens (tertiary/aromatic N) is 3. The number of halogens is 1. The zero-order valence-electron chi connectivity index (χ0n) is 10.7. The summed E-state index contributed by atoms with van der Waals surface area (Å²) in [6.07, 6.45) is 2.05. The Bertz CT molecular complexity index is 476. The lowest BCUT2D eigenvalue weighted by molar-refractivity contribution is 0.159. The molecule has 1 aromatic carbocycles. The topological polar surface area (TPSA) is 18.8 Å². The number of hydrazone groups is 1. The van der Waals surface area contributed by atoms with E-state index in [0.29, 0.717) is 0 Å². The van der Waals surface area contributed by atoms with E-state index < -0.39 is 0 Å². The fraction of sp³-hybridized carbons (Fsp3) is 0.500. The maximum atomic E-state index is 6.22. The molecule has 0 bridgehead atoms. The lowest BCUT2D eigenvalue weighted by Gasteiger charge is -2.30. The van der Waals surface area contributed by atoms with Gasteiger partial charge in [-0.25, -0.2) is 0 Å². The molecule has 3 nitrogen and oxygen atoms in total. The van der Waals surface area contributed by atoms with Crippen molar-refractivity contribution in [3.63, 3.8) is 0 Å². The first kappa shape index (κ1) is 12.0. The zero-order chi connectivity index (χ0) is 12.5. The second-order valence-electron chi connectivity index (χ2n) is 5.07. The summed E-state index contributed by atoms with van der Waals surface area (Å²) in [6.45, 7) is 4.24. The van der Waals surface area contributed by atoms with Crippen molar-refractivity contribution in [1.82, 2.24) is 9.91 Å². The van der Waals surface area contributed by atoms with Crippen LogP contribution in [0.15, 0.2) is 23.3 Å². The molecule has 0 amide bonds. The van der Waals surface area contributed by atoms with E-state index in [1.54, 1.807) is 0 Å². The highest BCUT2D eigenvalue weighted by atomic mass is 35.5. The Morgan fingerprint density at radius 3 is 2.67 bits per heavy atom. The SMILES string of the molecule is CN1CCN(/N=C2\CCc3c(Cl)cccc32)CC1. The van der Waals surface area contributed by atoms with Crippen LogP contribution in [0.3, 0.4) is 0 Å². The lowest BCUT2D eigenvalue weighted by atomic mass is 10.1. The molecule has 4 heteroatoms. The maximum absolute atomic E-state index is 6.22. The average Bonchev–Trinajstić information content (AvgIpc) is 2.77. The second-order valence-corrected chi connectivity index (χ2v) is 5.48. The van der Waals surface area contributed by atoms with E-state index in [2.05, 4.69) is 23.0 Å². The van der Waals surface area contributed by atoms with Gasteiger partial charge in [0.05, 0.1) is 5.71 Å². The molecule has 0 saturated carbocycles. The van der Waals surface area contributed by atoms with Gasteiger partial charge in [-0.15, -0.1) is 0 Å². The highest BCUT2D eigenvalue weighted by Gasteiger charge is 2.21. The van der Waals surface area contributed by atoms with E-state index in [4.69, 9.17) is 16.7 Å². The first-order valence-electron chi connectivity index (χ1n) is 6.53. The van der Waals surface area contributed by atoms with Crippen LogP contribution in [0.25, 0.3) is 0 Å². The third kappa shape index (κ3) is 2.25. The number of likely N-dealkylation sites (N-methyl/N-ethyl adjacent to an activating group) is 1. The molecule has 1 aliphatic carbocycles. The van der Waals surface area contributed by atoms with E-state index in [1.807, 2.05) is 12.1 Å². The van der Waals surface area contributed by atoms with Gasteiger partial charge in [0.1, 0.15) is 0 Å². The smallest absolute Gasteiger partial charge is 0.0684 e. The molecule has 18 heavy (non-hydrogen) atoms. The standard InChI is InChI=1S/C14H18ClN3/c1-17-7-9-18(10-8-17)16-14-6-5-11-12(14)3-2-4-13(11)15/h2-4H,5-10H2,1H3/b16-14+. The van der Waals surface area contributed by atoms with Gasteiger partial charge in [0.25, 0.3) is 0 Å². The summed E-state index contributed by atoms with van der Waals surface area (Å²) in [5.41, 5.74) is 3.73. The number of hydrogen-bond acceptors (Lipinski definition) is 3. The summed E-state index contributed by atoms with van der Waals surface area (Å²) in [4.78, 5) is 2.34. The molecule has 1 aromatic rings. The van der Waals surface area contributed by atoms with E-state index in [0.717, 1.165) is 44.0 Å². The molecule has 0 N–H and O–H groups in total. The highest BCUT2D eigenvalue weighted by molar-refractivity contribution is 6.32. The van der Waals surface area contributed by atoms with Gasteiger partial charge in [-0.3, -0.25) is 5.01 Å². The summed E-state index contributed by atoms with van der Waals surface area (Å²) in [7, 11) is 2.16. The fourth-order valence-corrected chi connectivity index (χ4v) is 2.90. The van der Waals surface area contributed by atoms with Crippen molar-refractivity contribution in [3.05, 3.63) is 34.3 Å². The van der Waals surface area contributed by atoms with E-state index in [-0.39, 0.29) is 0 Å². The number of hydrogen-bond donors (Lipinski definition) is 0. The Kier molecular flexibility index (Phi) is 3.27. The van der Waals surface area contributed by atoms with Crippen molar-refractivity contribution >= 4 is 17.3 Å². The number of fused-ring (bicyclic) bond motifs is 1. The molecule has 1 aliphatic heterocycles. The average molecular weight is 264 g/mol. The molecular weight excluding hydrogens is 246 g/mol. The van der Waals surface area contributed by atoms with Crippen molar-refractivity contribution in [3.8, 4) is 0 Å². The molecule has 0 atom stereocenters. The van der Waals surface area contributed by atoms with Crippen LogP contribution >= 0.6 is 11.6 Å². The van der Waals surface area contributed by atoms with Crippen LogP contribution in [-0.2, 0) is 6.42 Å². The lowest BCUT2D eigenvalue weighted by Crippen LogP contribution is -2.42. The molecule has 0 unspecified atom stereocenters. The molecule has 0 spiro atoms. The highest BCUT2D eigenvalue weighted by Crippen LogP contribution is 2.29. The van der Waals surface area contributed by atoms with Gasteiger partial charge < -0.3 is 4.90 Å². The van der Waals surface area contributed by atoms with Crippen molar-refractivity contribution in [2.24, 2.45) is 5.10 Å². The molecule has 0 radical (unpaired) electrons. The summed E-state index contributed by atoms with van der Waals surface area (Å²) >= 11 is 6.22. The van der Waals surface area contributed by atoms with Crippen LogP contribution in [0, 0.1) is 0 Å². The molecule has 1 saturated heterocycles. The van der Waals surface area contributed by atoms with Gasteiger partial charge in [-0.2, -0.15) is 5.10 Å². The molecule has 3 rings (SSSR count). The number of piperazine rings is 1. The van der Waals surface area contributed by atoms with Gasteiger partial charge in [0.2, 0.25) is 0 Å². The Labute approximate surface area is 113 Å². The summed E-state index contributed by atoms with van der Waals surface area (Å²) < 4.78 is 0. The zero-order valence-corrected chi connectivity index (χ0v) is 11.5. The predicted octanol–water partition coefficient (Wildman–Crippen LogP) is 2.24. The Balaban J connectivity index is 1.81. The van der Waals surface area contributed by atoms with Crippen molar-refractivity contribution in [2.45, 2.75) is 12.8 Å². The Hall–Kier alpha value is -1.06. The molecule has 2 aliphatic rings. The second kappa shape index (κ2) is 4.90. The van der Waals surface area contributed by atoms with Crippen molar-refractivity contribution in [1.29, 1.82) is 0 Å². The minimum absolute atomic E-state index is 0.885. The predicted molar refractivity (Wildman–Crippen MR) is 75.4 cm³/mol. The minimum Gasteiger partial charge on any atom is -0.303 e. The minimum atomic E-state index is 0.885. The van der Waals surface area contributed by atoms with E-state index >= 15 is 0 Å². The number of rotatable bonds is 1. The largest absolute Gasteiger partial charge is 0.303 e. The van der Waals surface area contributed by atoms with Gasteiger partial charge in [0.15, 0.2) is 0 Å². The summed E-state index contributed by atoms with van der Waals surface area (Å²) in [6, 6.07) is 6.13. The molecule has 1 fully saturated rings. The molecular formula is C14H18ClN3. The van der Waals surface area contributed by atoms with Gasteiger partial charge in [-0.05, 0) is 31.5 Å². The fourth-order valence-electron chi connectivity index (χ4n) is 2.63. The summed E-state index contributed by atoms with van der Waals surface area (Å²) in [5.74, 6) is 0. The van der Waals surface area contributed by atoms with Crippen LogP contribution in [-0.4, -0.2) is 48.8 Å². The molecule has 96 valence electrons. The summed E-state index contributed by atoms with van der Waals surface area (Å²) in [5, 5.41) is 7.90. The third-order valence-electron chi connectivity index (χ3n) is 3.78. The van der Waals surface area contributed by atoms with E-state index in [9.17, 15) is 0 Å².